The predicted octanol–water partition coefficient (Wildman–Crippen LogP) is 3.53. The van der Waals surface area contributed by atoms with Gasteiger partial charge in [0.25, 0.3) is 13.9 Å². The van der Waals surface area contributed by atoms with Gasteiger partial charge in [-0.25, -0.2) is 9.59 Å². The standard InChI is InChI=1S/C34H45N3O8Si/c1-22-20-37(31(40)36-30(22)39)28-19-27(43-23(2)38)29(44-28)26(35-32(41)45-33(3,4)5)21-42-46(34(6,7)8,24-15-11-9-12-16-24)25-17-13-10-14-18-25/h9-18,20,26-29H,19,21H2,1-8H3,(H,35,41)(H,36,39,40)/t26-,27+,28-,29-/m1/s1. The molecular weight excluding hydrogens is 606 g/mol. The number of esters is 1. The maximum Gasteiger partial charge on any atom is 0.408 e. The van der Waals surface area contributed by atoms with Crippen molar-refractivity contribution < 1.29 is 28.2 Å². The minimum absolute atomic E-state index is 0.0266. The first kappa shape index (κ1) is 34.9. The highest BCUT2D eigenvalue weighted by atomic mass is 28.4. The third kappa shape index (κ3) is 7.86. The minimum Gasteiger partial charge on any atom is -0.460 e. The van der Waals surface area contributed by atoms with Crippen LogP contribution in [-0.4, -0.2) is 60.4 Å². The van der Waals surface area contributed by atoms with E-state index in [-0.39, 0.29) is 18.1 Å². The third-order valence-corrected chi connectivity index (χ3v) is 12.9. The molecule has 1 aliphatic rings. The van der Waals surface area contributed by atoms with Crippen LogP contribution >= 0.6 is 0 Å². The van der Waals surface area contributed by atoms with Crippen molar-refractivity contribution in [1.29, 1.82) is 0 Å². The SMILES string of the molecule is CC(=O)O[C@H]1C[C@H](n2cc(C)c(=O)[nH]c2=O)O[C@@H]1[C@@H](CO[Si](c1ccccc1)(c1ccccc1)C(C)(C)C)NC(=O)OC(C)(C)C. The summed E-state index contributed by atoms with van der Waals surface area (Å²) >= 11 is 0. The highest BCUT2D eigenvalue weighted by molar-refractivity contribution is 6.99. The van der Waals surface area contributed by atoms with Gasteiger partial charge in [0.1, 0.15) is 24.0 Å². The van der Waals surface area contributed by atoms with Gasteiger partial charge in [0.2, 0.25) is 0 Å². The van der Waals surface area contributed by atoms with E-state index < -0.39 is 61.7 Å². The van der Waals surface area contributed by atoms with E-state index in [0.717, 1.165) is 10.4 Å². The summed E-state index contributed by atoms with van der Waals surface area (Å²) in [5.41, 5.74) is -1.64. The summed E-state index contributed by atoms with van der Waals surface area (Å²) < 4.78 is 26.2. The van der Waals surface area contributed by atoms with Gasteiger partial charge in [0.15, 0.2) is 0 Å². The summed E-state index contributed by atoms with van der Waals surface area (Å²) in [6.45, 7) is 14.5. The fourth-order valence-corrected chi connectivity index (χ4v) is 10.6. The highest BCUT2D eigenvalue weighted by Crippen LogP contribution is 2.38. The number of hydrogen-bond donors (Lipinski definition) is 2. The highest BCUT2D eigenvalue weighted by Gasteiger charge is 2.52. The van der Waals surface area contributed by atoms with Crippen LogP contribution in [0.25, 0.3) is 0 Å². The van der Waals surface area contributed by atoms with Gasteiger partial charge in [-0.2, -0.15) is 0 Å². The maximum atomic E-state index is 13.3. The smallest absolute Gasteiger partial charge is 0.408 e. The third-order valence-electron chi connectivity index (χ3n) is 7.88. The van der Waals surface area contributed by atoms with E-state index in [1.807, 2.05) is 36.4 Å². The van der Waals surface area contributed by atoms with Crippen LogP contribution in [0.4, 0.5) is 4.79 Å². The molecule has 1 saturated heterocycles. The molecule has 0 aliphatic carbocycles. The fourth-order valence-electron chi connectivity index (χ4n) is 5.97. The molecule has 0 unspecified atom stereocenters. The number of ether oxygens (including phenoxy) is 3. The number of nitrogens with one attached hydrogen (secondary N) is 2. The number of benzene rings is 2. The van der Waals surface area contributed by atoms with E-state index in [9.17, 15) is 19.2 Å². The average Bonchev–Trinajstić information content (AvgIpc) is 3.36. The van der Waals surface area contributed by atoms with E-state index in [1.165, 1.54) is 17.7 Å². The van der Waals surface area contributed by atoms with Gasteiger partial charge in [-0.3, -0.25) is 19.1 Å². The maximum absolute atomic E-state index is 13.3. The minimum atomic E-state index is -3.07. The van der Waals surface area contributed by atoms with E-state index in [1.54, 1.807) is 27.7 Å². The van der Waals surface area contributed by atoms with Crippen molar-refractivity contribution in [2.24, 2.45) is 0 Å². The Hall–Kier alpha value is -4.00. The van der Waals surface area contributed by atoms with Gasteiger partial charge in [0, 0.05) is 25.1 Å². The second-order valence-corrected chi connectivity index (χ2v) is 18.0. The van der Waals surface area contributed by atoms with Crippen molar-refractivity contribution in [2.45, 2.75) is 96.9 Å². The molecule has 0 saturated carbocycles. The number of aromatic amines is 1. The van der Waals surface area contributed by atoms with Gasteiger partial charge in [-0.1, -0.05) is 81.4 Å². The first-order valence-electron chi connectivity index (χ1n) is 15.4. The first-order chi connectivity index (χ1) is 21.5. The Labute approximate surface area is 270 Å². The molecule has 1 fully saturated rings. The van der Waals surface area contributed by atoms with Crippen LogP contribution in [0.5, 0.6) is 0 Å². The van der Waals surface area contributed by atoms with Crippen molar-refractivity contribution in [3.8, 4) is 0 Å². The number of H-pyrrole nitrogens is 1. The summed E-state index contributed by atoms with van der Waals surface area (Å²) in [5, 5.41) is 4.65. The first-order valence-corrected chi connectivity index (χ1v) is 17.3. The van der Waals surface area contributed by atoms with Gasteiger partial charge < -0.3 is 24.0 Å². The molecule has 2 aromatic carbocycles. The van der Waals surface area contributed by atoms with Crippen molar-refractivity contribution in [3.05, 3.63) is 93.3 Å². The van der Waals surface area contributed by atoms with Crippen molar-refractivity contribution >= 4 is 30.8 Å². The van der Waals surface area contributed by atoms with Crippen LogP contribution in [0.15, 0.2) is 76.4 Å². The Bertz CT molecular complexity index is 1590. The molecule has 0 bridgehead atoms. The summed E-state index contributed by atoms with van der Waals surface area (Å²) in [5.74, 6) is -0.548. The lowest BCUT2D eigenvalue weighted by Crippen LogP contribution is -2.68. The molecule has 11 nitrogen and oxygen atoms in total. The van der Waals surface area contributed by atoms with Crippen LogP contribution in [0.2, 0.25) is 5.04 Å². The molecule has 46 heavy (non-hydrogen) atoms. The number of aromatic nitrogens is 2. The molecule has 1 aliphatic heterocycles. The Morgan fingerprint density at radius 2 is 1.57 bits per heavy atom. The Balaban J connectivity index is 1.79. The molecule has 3 aromatic rings. The molecule has 248 valence electrons. The van der Waals surface area contributed by atoms with E-state index >= 15 is 0 Å². The number of carbonyl (C=O) groups is 2. The summed E-state index contributed by atoms with van der Waals surface area (Å²) in [6.07, 6.45) is -1.87. The van der Waals surface area contributed by atoms with Gasteiger partial charge >= 0.3 is 17.8 Å². The normalized spacial score (nSPS) is 19.3. The molecule has 1 amide bonds. The molecule has 4 rings (SSSR count). The molecule has 1 aromatic heterocycles. The number of carbonyl (C=O) groups excluding carboxylic acids is 2. The second-order valence-electron chi connectivity index (χ2n) is 13.6. The lowest BCUT2D eigenvalue weighted by atomic mass is 10.1. The number of hydrogen-bond acceptors (Lipinski definition) is 8. The lowest BCUT2D eigenvalue weighted by molar-refractivity contribution is -0.150. The quantitative estimate of drug-likeness (QED) is 0.265. The zero-order valence-electron chi connectivity index (χ0n) is 27.8. The van der Waals surface area contributed by atoms with E-state index in [0.29, 0.717) is 5.56 Å². The fraction of sp³-hybridized carbons (Fsp3) is 0.471. The monoisotopic (exact) mass is 651 g/mol. The molecule has 4 atom stereocenters. The van der Waals surface area contributed by atoms with Crippen LogP contribution in [0.3, 0.4) is 0 Å². The van der Waals surface area contributed by atoms with Crippen LogP contribution in [0.1, 0.15) is 66.7 Å². The van der Waals surface area contributed by atoms with E-state index in [2.05, 4.69) is 55.3 Å². The van der Waals surface area contributed by atoms with Gasteiger partial charge in [-0.05, 0) is 43.1 Å². The van der Waals surface area contributed by atoms with E-state index in [4.69, 9.17) is 18.6 Å². The summed E-state index contributed by atoms with van der Waals surface area (Å²) in [7, 11) is -3.07. The Morgan fingerprint density at radius 1 is 1.00 bits per heavy atom. The average molecular weight is 652 g/mol. The van der Waals surface area contributed by atoms with Crippen molar-refractivity contribution in [3.63, 3.8) is 0 Å². The van der Waals surface area contributed by atoms with Crippen LogP contribution in [0, 0.1) is 6.92 Å². The van der Waals surface area contributed by atoms with Gasteiger partial charge in [-0.15, -0.1) is 0 Å². The van der Waals surface area contributed by atoms with Crippen LogP contribution < -0.4 is 26.9 Å². The number of rotatable bonds is 9. The topological polar surface area (TPSA) is 138 Å². The lowest BCUT2D eigenvalue weighted by Gasteiger charge is -2.44. The molecular formula is C34H45N3O8Si. The molecule has 2 N–H and O–H groups in total. The molecule has 12 heteroatoms. The van der Waals surface area contributed by atoms with Crippen molar-refractivity contribution in [1.82, 2.24) is 14.9 Å². The summed E-state index contributed by atoms with van der Waals surface area (Å²) in [4.78, 5) is 52.7. The second kappa shape index (κ2) is 13.8. The zero-order chi connectivity index (χ0) is 33.9. The number of aryl methyl sites for hydroxylation is 1. The van der Waals surface area contributed by atoms with Gasteiger partial charge in [0.05, 0.1) is 12.6 Å². The predicted molar refractivity (Wildman–Crippen MR) is 177 cm³/mol. The van der Waals surface area contributed by atoms with Crippen LogP contribution in [-0.2, 0) is 23.4 Å². The zero-order valence-corrected chi connectivity index (χ0v) is 28.8. The summed E-state index contributed by atoms with van der Waals surface area (Å²) in [6, 6.07) is 19.2. The molecule has 0 spiro atoms. The molecule has 2 heterocycles. The van der Waals surface area contributed by atoms with Crippen molar-refractivity contribution in [2.75, 3.05) is 6.61 Å². The Kier molecular flexibility index (Phi) is 10.4. The largest absolute Gasteiger partial charge is 0.460 e. The molecule has 0 radical (unpaired) electrons. The number of amides is 1. The number of nitrogens with zero attached hydrogens (tertiary/aromatic N) is 1. The number of alkyl carbamates (subject to hydrolysis) is 1. The Morgan fingerprint density at radius 3 is 2.07 bits per heavy atom.